The highest BCUT2D eigenvalue weighted by Gasteiger charge is 2.58. The van der Waals surface area contributed by atoms with Crippen LogP contribution in [-0.4, -0.2) is 46.0 Å². The molecule has 1 aliphatic rings. The van der Waals surface area contributed by atoms with E-state index in [1.807, 2.05) is 4.98 Å². The lowest BCUT2D eigenvalue weighted by molar-refractivity contribution is -0.0649. The normalized spacial score (nSPS) is 23.6. The maximum Gasteiger partial charge on any atom is 0.338 e. The Morgan fingerprint density at radius 2 is 1.71 bits per heavy atom. The van der Waals surface area contributed by atoms with Crippen LogP contribution in [0.3, 0.4) is 0 Å². The molecule has 11 heteroatoms. The summed E-state index contributed by atoms with van der Waals surface area (Å²) in [6.45, 7) is 0.619. The monoisotopic (exact) mass is 502 g/mol. The zero-order valence-electron chi connectivity index (χ0n) is 18.4. The molecule has 1 N–H and O–H groups in total. The number of esters is 2. The van der Waals surface area contributed by atoms with E-state index < -0.39 is 53.9 Å². The second-order valence-electron chi connectivity index (χ2n) is 7.99. The Kier molecular flexibility index (Phi) is 6.86. The van der Waals surface area contributed by atoms with E-state index in [0.717, 1.165) is 23.8 Å². The summed E-state index contributed by atoms with van der Waals surface area (Å²) >= 11 is 5.85. The number of H-pyrrole nitrogens is 1. The van der Waals surface area contributed by atoms with Crippen molar-refractivity contribution in [2.45, 2.75) is 31.0 Å². The third-order valence-corrected chi connectivity index (χ3v) is 5.74. The quantitative estimate of drug-likeness (QED) is 0.515. The van der Waals surface area contributed by atoms with Crippen LogP contribution in [0.1, 0.15) is 33.9 Å². The number of ether oxygens (including phenoxy) is 3. The fourth-order valence-electron chi connectivity index (χ4n) is 3.73. The van der Waals surface area contributed by atoms with E-state index >= 15 is 4.39 Å². The molecule has 0 bridgehead atoms. The Labute approximate surface area is 203 Å². The van der Waals surface area contributed by atoms with E-state index in [9.17, 15) is 19.2 Å². The van der Waals surface area contributed by atoms with Gasteiger partial charge in [-0.05, 0) is 43.3 Å². The number of halogens is 2. The van der Waals surface area contributed by atoms with Crippen molar-refractivity contribution >= 4 is 23.5 Å². The van der Waals surface area contributed by atoms with Crippen molar-refractivity contribution in [3.63, 3.8) is 0 Å². The topological polar surface area (TPSA) is 117 Å². The first-order valence-corrected chi connectivity index (χ1v) is 10.9. The molecule has 0 unspecified atom stereocenters. The maximum atomic E-state index is 16.1. The highest BCUT2D eigenvalue weighted by atomic mass is 35.5. The second-order valence-corrected chi connectivity index (χ2v) is 8.43. The molecule has 35 heavy (non-hydrogen) atoms. The van der Waals surface area contributed by atoms with Gasteiger partial charge >= 0.3 is 17.6 Å². The molecule has 0 aliphatic carbocycles. The largest absolute Gasteiger partial charge is 0.459 e. The van der Waals surface area contributed by atoms with Crippen LogP contribution < -0.4 is 11.2 Å². The molecule has 1 aromatic heterocycles. The zero-order chi connectivity index (χ0) is 25.2. The molecule has 0 radical (unpaired) electrons. The average Bonchev–Trinajstić information content (AvgIpc) is 3.08. The summed E-state index contributed by atoms with van der Waals surface area (Å²) in [5, 5.41) is 0.393. The highest BCUT2D eigenvalue weighted by molar-refractivity contribution is 6.30. The summed E-state index contributed by atoms with van der Waals surface area (Å²) in [6.07, 6.45) is -3.36. The summed E-state index contributed by atoms with van der Waals surface area (Å²) < 4.78 is 33.4. The summed E-state index contributed by atoms with van der Waals surface area (Å²) in [6, 6.07) is 14.9. The minimum absolute atomic E-state index is 0.106. The van der Waals surface area contributed by atoms with Crippen molar-refractivity contribution < 1.29 is 28.2 Å². The van der Waals surface area contributed by atoms with Gasteiger partial charge in [0.1, 0.15) is 12.7 Å². The molecule has 9 nitrogen and oxygen atoms in total. The predicted molar refractivity (Wildman–Crippen MR) is 122 cm³/mol. The lowest BCUT2D eigenvalue weighted by atomic mass is 9.98. The minimum Gasteiger partial charge on any atom is -0.459 e. The fraction of sp³-hybridized carbons (Fsp3) is 0.250. The van der Waals surface area contributed by atoms with Crippen molar-refractivity contribution in [1.82, 2.24) is 9.55 Å². The van der Waals surface area contributed by atoms with Gasteiger partial charge in [-0.2, -0.15) is 0 Å². The average molecular weight is 503 g/mol. The Bertz CT molecular complexity index is 1340. The van der Waals surface area contributed by atoms with Gasteiger partial charge in [0, 0.05) is 17.3 Å². The Morgan fingerprint density at radius 1 is 1.06 bits per heavy atom. The molecule has 2 aromatic carbocycles. The first kappa shape index (κ1) is 24.4. The molecule has 182 valence electrons. The summed E-state index contributed by atoms with van der Waals surface area (Å²) in [4.78, 5) is 50.9. The lowest BCUT2D eigenvalue weighted by Gasteiger charge is -2.27. The van der Waals surface area contributed by atoms with Gasteiger partial charge in [-0.25, -0.2) is 18.8 Å². The number of hydrogen-bond acceptors (Lipinski definition) is 7. The number of aromatic nitrogens is 2. The second kappa shape index (κ2) is 9.85. The highest BCUT2D eigenvalue weighted by Crippen LogP contribution is 2.42. The van der Waals surface area contributed by atoms with Crippen LogP contribution >= 0.6 is 11.6 Å². The minimum atomic E-state index is -2.45. The van der Waals surface area contributed by atoms with Crippen molar-refractivity contribution in [2.75, 3.05) is 6.61 Å². The van der Waals surface area contributed by atoms with Gasteiger partial charge in [-0.1, -0.05) is 29.8 Å². The van der Waals surface area contributed by atoms with Gasteiger partial charge in [0.05, 0.1) is 11.1 Å². The van der Waals surface area contributed by atoms with Gasteiger partial charge < -0.3 is 14.2 Å². The molecule has 2 heterocycles. The van der Waals surface area contributed by atoms with Gasteiger partial charge in [0.25, 0.3) is 5.56 Å². The van der Waals surface area contributed by atoms with Gasteiger partial charge in [-0.3, -0.25) is 14.3 Å². The lowest BCUT2D eigenvalue weighted by Crippen LogP contribution is -2.46. The van der Waals surface area contributed by atoms with Crippen LogP contribution in [0.5, 0.6) is 0 Å². The number of hydrogen-bond donors (Lipinski definition) is 1. The van der Waals surface area contributed by atoms with E-state index in [4.69, 9.17) is 25.8 Å². The number of aromatic amines is 1. The third-order valence-electron chi connectivity index (χ3n) is 5.49. The van der Waals surface area contributed by atoms with E-state index in [0.29, 0.717) is 5.02 Å². The zero-order valence-corrected chi connectivity index (χ0v) is 19.1. The van der Waals surface area contributed by atoms with Crippen LogP contribution in [0.25, 0.3) is 0 Å². The molecular formula is C24H20ClFN2O7. The molecule has 0 spiro atoms. The van der Waals surface area contributed by atoms with Gasteiger partial charge in [-0.15, -0.1) is 0 Å². The van der Waals surface area contributed by atoms with E-state index in [1.54, 1.807) is 18.2 Å². The number of benzene rings is 2. The Morgan fingerprint density at radius 3 is 2.37 bits per heavy atom. The summed E-state index contributed by atoms with van der Waals surface area (Å²) in [5.74, 6) is -1.56. The van der Waals surface area contributed by atoms with E-state index in [2.05, 4.69) is 0 Å². The molecule has 3 aromatic rings. The van der Waals surface area contributed by atoms with Crippen LogP contribution in [0.4, 0.5) is 4.39 Å². The van der Waals surface area contributed by atoms with E-state index in [1.165, 1.54) is 36.4 Å². The smallest absolute Gasteiger partial charge is 0.338 e. The molecule has 1 aliphatic heterocycles. The standard InChI is InChI=1S/C24H20ClFN2O7/c1-24(26)19(35-21(31)15-7-9-16(25)10-8-15)17(13-33-20(30)14-5-3-2-4-6-14)34-22(24)28-12-11-18(29)27-23(28)32/h2-12,17,19,22H,13H2,1H3,(H,27,29,32)/t17-,19-,22-,24-/m1/s1. The van der Waals surface area contributed by atoms with Gasteiger partial charge in [0.2, 0.25) is 0 Å². The van der Waals surface area contributed by atoms with Gasteiger partial charge in [0.15, 0.2) is 18.0 Å². The molecule has 4 rings (SSSR count). The van der Waals surface area contributed by atoms with E-state index in [-0.39, 0.29) is 11.1 Å². The molecule has 1 saturated heterocycles. The van der Waals surface area contributed by atoms with Crippen molar-refractivity contribution in [3.8, 4) is 0 Å². The third kappa shape index (κ3) is 5.18. The number of carbonyl (C=O) groups excluding carboxylic acids is 2. The summed E-state index contributed by atoms with van der Waals surface area (Å²) in [7, 11) is 0. The van der Waals surface area contributed by atoms with Crippen molar-refractivity contribution in [1.29, 1.82) is 0 Å². The number of alkyl halides is 1. The molecule has 0 saturated carbocycles. The number of nitrogens with one attached hydrogen (secondary N) is 1. The van der Waals surface area contributed by atoms with Crippen LogP contribution in [0.2, 0.25) is 5.02 Å². The van der Waals surface area contributed by atoms with Crippen LogP contribution in [0, 0.1) is 0 Å². The predicted octanol–water partition coefficient (Wildman–Crippen LogP) is 2.90. The SMILES string of the molecule is C[C@@]1(F)[C@H](OC(=O)c2ccc(Cl)cc2)[C@@H](COC(=O)c2ccccc2)O[C@H]1n1ccc(=O)[nH]c1=O. The molecular weight excluding hydrogens is 483 g/mol. The first-order chi connectivity index (χ1) is 16.7. The van der Waals surface area contributed by atoms with Crippen molar-refractivity contribution in [3.05, 3.63) is 104 Å². The first-order valence-electron chi connectivity index (χ1n) is 10.5. The fourth-order valence-corrected chi connectivity index (χ4v) is 3.85. The number of carbonyl (C=O) groups is 2. The molecule has 4 atom stereocenters. The molecule has 1 fully saturated rings. The van der Waals surface area contributed by atoms with Crippen LogP contribution in [-0.2, 0) is 14.2 Å². The molecule has 0 amide bonds. The number of rotatable bonds is 6. The number of nitrogens with zero attached hydrogens (tertiary/aromatic N) is 1. The maximum absolute atomic E-state index is 16.1. The summed E-state index contributed by atoms with van der Waals surface area (Å²) in [5.41, 5.74) is -3.68. The van der Waals surface area contributed by atoms with Crippen LogP contribution in [0.15, 0.2) is 76.4 Å². The Hall–Kier alpha value is -3.76. The Balaban J connectivity index is 1.62. The van der Waals surface area contributed by atoms with Crippen molar-refractivity contribution in [2.24, 2.45) is 0 Å².